The number of nitrogens with zero attached hydrogens (tertiary/aromatic N) is 1. The third-order valence-corrected chi connectivity index (χ3v) is 8.47. The zero-order chi connectivity index (χ0) is 12.4. The molecule has 0 bridgehead atoms. The largest absolute Gasteiger partial charge is 0.319 e. The molecule has 2 nitrogen and oxygen atoms in total. The van der Waals surface area contributed by atoms with Crippen LogP contribution in [0.1, 0.15) is 0 Å². The van der Waals surface area contributed by atoms with Crippen molar-refractivity contribution in [3.63, 3.8) is 0 Å². The summed E-state index contributed by atoms with van der Waals surface area (Å²) in [5, 5.41) is 3.55. The van der Waals surface area contributed by atoms with Gasteiger partial charge in [-0.1, -0.05) is 32.7 Å². The smallest absolute Gasteiger partial charge is 0.119 e. The van der Waals surface area contributed by atoms with E-state index in [9.17, 15) is 0 Å². The molecule has 1 N–H and O–H groups in total. The van der Waals surface area contributed by atoms with Crippen molar-refractivity contribution >= 4 is 16.3 Å². The van der Waals surface area contributed by atoms with Crippen molar-refractivity contribution in [3.8, 4) is 0 Å². The van der Waals surface area contributed by atoms with E-state index in [0.717, 1.165) is 12.6 Å². The van der Waals surface area contributed by atoms with Crippen LogP contribution in [-0.2, 0) is 0 Å². The third kappa shape index (κ3) is 3.84. The van der Waals surface area contributed by atoms with E-state index in [4.69, 9.17) is 0 Å². The molecule has 4 heteroatoms. The minimum atomic E-state index is -1.18. The molecule has 1 unspecified atom stereocenters. The van der Waals surface area contributed by atoms with Gasteiger partial charge in [-0.2, -0.15) is 0 Å². The Kier molecular flexibility index (Phi) is 4.57. The highest BCUT2D eigenvalue weighted by molar-refractivity contribution is 6.82. The van der Waals surface area contributed by atoms with Crippen LogP contribution < -0.4 is 5.32 Å². The Hall–Kier alpha value is 0.0938. The van der Waals surface area contributed by atoms with Gasteiger partial charge in [0.25, 0.3) is 0 Å². The Morgan fingerprint density at radius 1 is 1.31 bits per heavy atom. The quantitative estimate of drug-likeness (QED) is 0.778. The van der Waals surface area contributed by atoms with Gasteiger partial charge in [-0.25, -0.2) is 0 Å². The van der Waals surface area contributed by atoms with Crippen molar-refractivity contribution < 1.29 is 0 Å². The van der Waals surface area contributed by atoms with Crippen LogP contribution in [0.15, 0.2) is 12.3 Å². The molecule has 1 saturated heterocycles. The lowest BCUT2D eigenvalue weighted by molar-refractivity contribution is 0.276. The lowest BCUT2D eigenvalue weighted by Gasteiger charge is -2.45. The SMILES string of the molecule is C=C[Si](C)(C)CC1CNCCN1[Si](C)(C)C. The van der Waals surface area contributed by atoms with Gasteiger partial charge in [0.2, 0.25) is 0 Å². The first kappa shape index (κ1) is 14.2. The summed E-state index contributed by atoms with van der Waals surface area (Å²) in [5.41, 5.74) is 2.24. The predicted octanol–water partition coefficient (Wildman–Crippen LogP) is 2.53. The van der Waals surface area contributed by atoms with E-state index in [2.05, 4.69) is 54.9 Å². The fraction of sp³-hybridized carbons (Fsp3) is 0.833. The predicted molar refractivity (Wildman–Crippen MR) is 79.2 cm³/mol. The maximum Gasteiger partial charge on any atom is 0.119 e. The standard InChI is InChI=1S/C12H28N2Si2/c1-7-16(5,6)11-12-10-13-8-9-14(12)15(2,3)4/h7,12-13H,1,8-11H2,2-6H3. The Bertz CT molecular complexity index is 246. The van der Waals surface area contributed by atoms with E-state index in [0.29, 0.717) is 0 Å². The highest BCUT2D eigenvalue weighted by Gasteiger charge is 2.35. The molecule has 0 aliphatic carbocycles. The van der Waals surface area contributed by atoms with Crippen molar-refractivity contribution in [2.45, 2.75) is 44.8 Å². The Morgan fingerprint density at radius 2 is 1.94 bits per heavy atom. The monoisotopic (exact) mass is 256 g/mol. The number of hydrogen-bond donors (Lipinski definition) is 1. The minimum absolute atomic E-state index is 0.750. The molecular weight excluding hydrogens is 228 g/mol. The van der Waals surface area contributed by atoms with Crippen LogP contribution in [-0.4, -0.2) is 46.6 Å². The minimum Gasteiger partial charge on any atom is -0.319 e. The van der Waals surface area contributed by atoms with Crippen molar-refractivity contribution in [1.29, 1.82) is 0 Å². The topological polar surface area (TPSA) is 15.3 Å². The summed E-state index contributed by atoms with van der Waals surface area (Å²) >= 11 is 0. The highest BCUT2D eigenvalue weighted by Crippen LogP contribution is 2.23. The Balaban J connectivity index is 2.71. The van der Waals surface area contributed by atoms with E-state index >= 15 is 0 Å². The maximum absolute atomic E-state index is 4.02. The summed E-state index contributed by atoms with van der Waals surface area (Å²) in [5.74, 6) is 0. The normalized spacial score (nSPS) is 24.4. The van der Waals surface area contributed by atoms with Crippen LogP contribution in [0.3, 0.4) is 0 Å². The molecule has 1 heterocycles. The molecule has 0 aromatic heterocycles. The van der Waals surface area contributed by atoms with Crippen molar-refractivity contribution in [2.75, 3.05) is 19.6 Å². The average Bonchev–Trinajstić information content (AvgIpc) is 2.16. The van der Waals surface area contributed by atoms with Crippen LogP contribution in [0, 0.1) is 0 Å². The zero-order valence-corrected chi connectivity index (χ0v) is 13.6. The molecule has 1 aliphatic heterocycles. The molecule has 16 heavy (non-hydrogen) atoms. The number of piperazine rings is 1. The number of rotatable bonds is 4. The molecule has 1 atom stereocenters. The molecule has 0 aromatic rings. The molecule has 1 fully saturated rings. The highest BCUT2D eigenvalue weighted by atomic mass is 28.3. The van der Waals surface area contributed by atoms with Gasteiger partial charge >= 0.3 is 0 Å². The fourth-order valence-corrected chi connectivity index (χ4v) is 6.51. The van der Waals surface area contributed by atoms with Gasteiger partial charge in [0, 0.05) is 25.7 Å². The maximum atomic E-state index is 4.02. The molecule has 0 saturated carbocycles. The first-order chi connectivity index (χ1) is 7.26. The second-order valence-corrected chi connectivity index (χ2v) is 16.3. The summed E-state index contributed by atoms with van der Waals surface area (Å²) in [7, 11) is -2.33. The van der Waals surface area contributed by atoms with Crippen LogP contribution in [0.2, 0.25) is 38.8 Å². The second-order valence-electron chi connectivity index (χ2n) is 6.62. The summed E-state index contributed by atoms with van der Waals surface area (Å²) in [4.78, 5) is 0. The van der Waals surface area contributed by atoms with Crippen LogP contribution in [0.5, 0.6) is 0 Å². The Labute approximate surface area is 103 Å². The van der Waals surface area contributed by atoms with Crippen LogP contribution in [0.25, 0.3) is 0 Å². The molecule has 94 valence electrons. The van der Waals surface area contributed by atoms with Crippen LogP contribution >= 0.6 is 0 Å². The lowest BCUT2D eigenvalue weighted by Crippen LogP contribution is -2.61. The molecule has 1 rings (SSSR count). The average molecular weight is 257 g/mol. The summed E-state index contributed by atoms with van der Waals surface area (Å²) in [6, 6.07) is 2.11. The van der Waals surface area contributed by atoms with Crippen LogP contribution in [0.4, 0.5) is 0 Å². The second kappa shape index (κ2) is 5.16. The van der Waals surface area contributed by atoms with Crippen molar-refractivity contribution in [2.24, 2.45) is 0 Å². The lowest BCUT2D eigenvalue weighted by atomic mass is 10.3. The number of nitrogens with one attached hydrogen (secondary N) is 1. The van der Waals surface area contributed by atoms with Gasteiger partial charge in [-0.3, -0.25) is 0 Å². The van der Waals surface area contributed by atoms with Crippen molar-refractivity contribution in [1.82, 2.24) is 9.88 Å². The molecular formula is C12H28N2Si2. The molecule has 1 aliphatic rings. The first-order valence-corrected chi connectivity index (χ1v) is 13.1. The van der Waals surface area contributed by atoms with Gasteiger partial charge in [-0.05, 0) is 6.04 Å². The number of hydrogen-bond acceptors (Lipinski definition) is 2. The van der Waals surface area contributed by atoms with Gasteiger partial charge in [0.1, 0.15) is 8.24 Å². The van der Waals surface area contributed by atoms with E-state index in [-0.39, 0.29) is 0 Å². The van der Waals surface area contributed by atoms with E-state index < -0.39 is 16.3 Å². The Morgan fingerprint density at radius 3 is 2.44 bits per heavy atom. The van der Waals surface area contributed by atoms with Crippen molar-refractivity contribution in [3.05, 3.63) is 12.3 Å². The molecule has 0 aromatic carbocycles. The molecule has 0 spiro atoms. The third-order valence-electron chi connectivity index (χ3n) is 3.53. The van der Waals surface area contributed by atoms with Gasteiger partial charge in [0.15, 0.2) is 0 Å². The first-order valence-electron chi connectivity index (χ1n) is 6.37. The van der Waals surface area contributed by atoms with Gasteiger partial charge in [0.05, 0.1) is 8.07 Å². The molecule has 0 radical (unpaired) electrons. The van der Waals surface area contributed by atoms with Gasteiger partial charge in [-0.15, -0.1) is 12.3 Å². The fourth-order valence-electron chi connectivity index (χ4n) is 2.52. The zero-order valence-electron chi connectivity index (χ0n) is 11.6. The summed E-state index contributed by atoms with van der Waals surface area (Å²) in [6.45, 7) is 19.8. The van der Waals surface area contributed by atoms with E-state index in [1.165, 1.54) is 19.1 Å². The van der Waals surface area contributed by atoms with Gasteiger partial charge < -0.3 is 9.88 Å². The van der Waals surface area contributed by atoms with E-state index in [1.807, 2.05) is 0 Å². The summed E-state index contributed by atoms with van der Waals surface area (Å²) in [6.07, 6.45) is 0. The summed E-state index contributed by atoms with van der Waals surface area (Å²) < 4.78 is 2.81. The van der Waals surface area contributed by atoms with E-state index in [1.54, 1.807) is 0 Å². The molecule has 0 amide bonds.